The van der Waals surface area contributed by atoms with Crippen LogP contribution in [0.25, 0.3) is 0 Å². The monoisotopic (exact) mass is 208 g/mol. The van der Waals surface area contributed by atoms with Gasteiger partial charge in [-0.05, 0) is 18.6 Å². The van der Waals surface area contributed by atoms with Crippen LogP contribution in [0.3, 0.4) is 0 Å². The minimum absolute atomic E-state index is 0.0562. The second-order valence-electron chi connectivity index (χ2n) is 2.94. The van der Waals surface area contributed by atoms with Gasteiger partial charge in [0.15, 0.2) is 0 Å². The highest BCUT2D eigenvalue weighted by Gasteiger charge is 2.05. The number of carbonyl (C=O) groups excluding carboxylic acids is 2. The number of benzene rings is 1. The van der Waals surface area contributed by atoms with Gasteiger partial charge in [-0.25, -0.2) is 0 Å². The predicted molar refractivity (Wildman–Crippen MR) is 51.0 cm³/mol. The number of para-hydroxylation sites is 2. The smallest absolute Gasteiger partial charge is 0.224 e. The molecule has 1 rings (SSSR count). The van der Waals surface area contributed by atoms with E-state index in [1.807, 2.05) is 0 Å². The lowest BCUT2D eigenvalue weighted by molar-refractivity contribution is -0.305. The van der Waals surface area contributed by atoms with Crippen molar-refractivity contribution < 1.29 is 19.8 Å². The Bertz CT molecular complexity index is 375. The van der Waals surface area contributed by atoms with Crippen LogP contribution in [0.1, 0.15) is 12.8 Å². The van der Waals surface area contributed by atoms with E-state index in [-0.39, 0.29) is 24.3 Å². The molecule has 0 aliphatic rings. The molecule has 5 nitrogen and oxygen atoms in total. The molecule has 0 radical (unpaired) electrons. The van der Waals surface area contributed by atoms with Gasteiger partial charge in [-0.3, -0.25) is 4.79 Å². The normalized spacial score (nSPS) is 9.60. The van der Waals surface area contributed by atoms with Gasteiger partial charge in [0, 0.05) is 12.4 Å². The van der Waals surface area contributed by atoms with Crippen molar-refractivity contribution in [3.05, 3.63) is 24.3 Å². The van der Waals surface area contributed by atoms with Gasteiger partial charge in [0.25, 0.3) is 0 Å². The van der Waals surface area contributed by atoms with Gasteiger partial charge in [-0.2, -0.15) is 0 Å². The second-order valence-corrected chi connectivity index (χ2v) is 2.94. The minimum Gasteiger partial charge on any atom is -0.550 e. The fourth-order valence-electron chi connectivity index (χ4n) is 1.01. The van der Waals surface area contributed by atoms with Crippen LogP contribution in [0, 0.1) is 0 Å². The van der Waals surface area contributed by atoms with Gasteiger partial charge in [-0.15, -0.1) is 0 Å². The molecule has 15 heavy (non-hydrogen) atoms. The Hall–Kier alpha value is -2.04. The number of rotatable bonds is 4. The second kappa shape index (κ2) is 4.99. The first-order valence-electron chi connectivity index (χ1n) is 4.37. The summed E-state index contributed by atoms with van der Waals surface area (Å²) >= 11 is 0. The highest BCUT2D eigenvalue weighted by Crippen LogP contribution is 2.21. The van der Waals surface area contributed by atoms with Crippen LogP contribution in [0.5, 0.6) is 5.75 Å². The summed E-state index contributed by atoms with van der Waals surface area (Å²) in [5, 5.41) is 21.8. The number of carboxylic acid groups (broad SMARTS) is 1. The van der Waals surface area contributed by atoms with Gasteiger partial charge >= 0.3 is 0 Å². The minimum atomic E-state index is -1.28. The van der Waals surface area contributed by atoms with Crippen molar-refractivity contribution >= 4 is 17.6 Å². The SMILES string of the molecule is O=C([O-])CCC(=O)Nc1ccccc1O. The van der Waals surface area contributed by atoms with E-state index in [0.717, 1.165) is 0 Å². The highest BCUT2D eigenvalue weighted by atomic mass is 16.4. The van der Waals surface area contributed by atoms with E-state index in [4.69, 9.17) is 0 Å². The van der Waals surface area contributed by atoms with Crippen LogP contribution in [0.4, 0.5) is 5.69 Å². The molecule has 0 bridgehead atoms. The molecule has 80 valence electrons. The first-order valence-corrected chi connectivity index (χ1v) is 4.37. The Morgan fingerprint density at radius 3 is 2.53 bits per heavy atom. The Morgan fingerprint density at radius 2 is 1.93 bits per heavy atom. The van der Waals surface area contributed by atoms with E-state index in [9.17, 15) is 19.8 Å². The third-order valence-corrected chi connectivity index (χ3v) is 1.73. The van der Waals surface area contributed by atoms with Gasteiger partial charge < -0.3 is 20.3 Å². The van der Waals surface area contributed by atoms with E-state index < -0.39 is 11.9 Å². The van der Waals surface area contributed by atoms with Crippen LogP contribution < -0.4 is 10.4 Å². The number of phenolic OH excluding ortho intramolecular Hbond substituents is 1. The van der Waals surface area contributed by atoms with Crippen molar-refractivity contribution in [2.24, 2.45) is 0 Å². The molecule has 0 saturated heterocycles. The molecular formula is C10H10NO4-. The topological polar surface area (TPSA) is 89.5 Å². The number of amides is 1. The van der Waals surface area contributed by atoms with Crippen LogP contribution in [0.2, 0.25) is 0 Å². The highest BCUT2D eigenvalue weighted by molar-refractivity contribution is 5.93. The van der Waals surface area contributed by atoms with E-state index in [0.29, 0.717) is 0 Å². The summed E-state index contributed by atoms with van der Waals surface area (Å²) in [5.74, 6) is -1.80. The molecular weight excluding hydrogens is 198 g/mol. The Labute approximate surface area is 86.4 Å². The summed E-state index contributed by atoms with van der Waals surface area (Å²) in [5.41, 5.74) is 0.265. The molecule has 1 amide bonds. The number of aliphatic carboxylic acids is 1. The first-order chi connectivity index (χ1) is 7.09. The van der Waals surface area contributed by atoms with E-state index in [1.54, 1.807) is 12.1 Å². The van der Waals surface area contributed by atoms with Crippen LogP contribution >= 0.6 is 0 Å². The molecule has 0 aromatic heterocycles. The number of phenols is 1. The van der Waals surface area contributed by atoms with E-state index in [1.165, 1.54) is 12.1 Å². The maximum absolute atomic E-state index is 11.2. The molecule has 5 heteroatoms. The molecule has 2 N–H and O–H groups in total. The summed E-state index contributed by atoms with van der Waals surface area (Å²) in [6, 6.07) is 6.21. The average Bonchev–Trinajstić information content (AvgIpc) is 2.18. The average molecular weight is 208 g/mol. The van der Waals surface area contributed by atoms with Crippen molar-refractivity contribution in [2.45, 2.75) is 12.8 Å². The number of carbonyl (C=O) groups is 2. The Kier molecular flexibility index (Phi) is 3.68. The fourth-order valence-corrected chi connectivity index (χ4v) is 1.01. The Balaban J connectivity index is 2.52. The number of carboxylic acids is 1. The summed E-state index contributed by atoms with van der Waals surface area (Å²) in [6.45, 7) is 0. The van der Waals surface area contributed by atoms with E-state index in [2.05, 4.69) is 5.32 Å². The lowest BCUT2D eigenvalue weighted by Gasteiger charge is -2.06. The number of nitrogens with one attached hydrogen (secondary N) is 1. The molecule has 0 saturated carbocycles. The molecule has 1 aromatic rings. The lowest BCUT2D eigenvalue weighted by Crippen LogP contribution is -2.24. The summed E-state index contributed by atoms with van der Waals surface area (Å²) < 4.78 is 0. The third-order valence-electron chi connectivity index (χ3n) is 1.73. The summed E-state index contributed by atoms with van der Waals surface area (Å²) in [4.78, 5) is 21.2. The number of anilines is 1. The van der Waals surface area contributed by atoms with Crippen molar-refractivity contribution in [2.75, 3.05) is 5.32 Å². The zero-order valence-corrected chi connectivity index (χ0v) is 7.90. The largest absolute Gasteiger partial charge is 0.550 e. The quantitative estimate of drug-likeness (QED) is 0.674. The lowest BCUT2D eigenvalue weighted by atomic mass is 10.2. The van der Waals surface area contributed by atoms with Crippen LogP contribution in [-0.2, 0) is 9.59 Å². The van der Waals surface area contributed by atoms with Crippen molar-refractivity contribution in [1.29, 1.82) is 0 Å². The standard InChI is InChI=1S/C10H11NO4/c12-8-4-2-1-3-7(8)11-9(13)5-6-10(14)15/h1-4,12H,5-6H2,(H,11,13)(H,14,15)/p-1. The van der Waals surface area contributed by atoms with Crippen LogP contribution in [-0.4, -0.2) is 17.0 Å². The number of hydrogen-bond donors (Lipinski definition) is 2. The molecule has 0 aliphatic heterocycles. The molecule has 0 aliphatic carbocycles. The maximum Gasteiger partial charge on any atom is 0.224 e. The van der Waals surface area contributed by atoms with Crippen molar-refractivity contribution in [1.82, 2.24) is 0 Å². The summed E-state index contributed by atoms with van der Waals surface area (Å²) in [7, 11) is 0. The number of hydrogen-bond acceptors (Lipinski definition) is 4. The zero-order valence-electron chi connectivity index (χ0n) is 7.90. The Morgan fingerprint density at radius 1 is 1.27 bits per heavy atom. The molecule has 0 fully saturated rings. The fraction of sp³-hybridized carbons (Fsp3) is 0.200. The van der Waals surface area contributed by atoms with Gasteiger partial charge in [0.2, 0.25) is 5.91 Å². The summed E-state index contributed by atoms with van der Waals surface area (Å²) in [6.07, 6.45) is -0.504. The van der Waals surface area contributed by atoms with Crippen molar-refractivity contribution in [3.8, 4) is 5.75 Å². The molecule has 0 atom stereocenters. The molecule has 0 unspecified atom stereocenters. The first kappa shape index (κ1) is 11.0. The molecule has 1 aromatic carbocycles. The molecule has 0 spiro atoms. The van der Waals surface area contributed by atoms with Gasteiger partial charge in [0.1, 0.15) is 5.75 Å². The van der Waals surface area contributed by atoms with Gasteiger partial charge in [0.05, 0.1) is 5.69 Å². The van der Waals surface area contributed by atoms with E-state index >= 15 is 0 Å². The predicted octanol–water partition coefficient (Wildman–Crippen LogP) is -0.139. The molecule has 0 heterocycles. The van der Waals surface area contributed by atoms with Gasteiger partial charge in [-0.1, -0.05) is 12.1 Å². The van der Waals surface area contributed by atoms with Crippen LogP contribution in [0.15, 0.2) is 24.3 Å². The number of aromatic hydroxyl groups is 1. The maximum atomic E-state index is 11.2. The van der Waals surface area contributed by atoms with Crippen molar-refractivity contribution in [3.63, 3.8) is 0 Å². The zero-order chi connectivity index (χ0) is 11.3. The third kappa shape index (κ3) is 3.68.